The summed E-state index contributed by atoms with van der Waals surface area (Å²) in [6, 6.07) is 13.7. The van der Waals surface area contributed by atoms with E-state index in [0.29, 0.717) is 5.69 Å². The molecule has 0 atom stereocenters. The van der Waals surface area contributed by atoms with Crippen molar-refractivity contribution in [3.05, 3.63) is 58.6 Å². The number of hydrogen-bond acceptors (Lipinski definition) is 3. The van der Waals surface area contributed by atoms with Gasteiger partial charge in [0.15, 0.2) is 0 Å². The van der Waals surface area contributed by atoms with Crippen LogP contribution in [-0.4, -0.2) is 19.1 Å². The van der Waals surface area contributed by atoms with Crippen LogP contribution in [0, 0.1) is 0 Å². The van der Waals surface area contributed by atoms with Gasteiger partial charge in [-0.3, -0.25) is 4.90 Å². The van der Waals surface area contributed by atoms with Gasteiger partial charge >= 0.3 is 0 Å². The van der Waals surface area contributed by atoms with Gasteiger partial charge in [-0.05, 0) is 36.4 Å². The second kappa shape index (κ2) is 6.64. The van der Waals surface area contributed by atoms with Gasteiger partial charge in [0.1, 0.15) is 5.75 Å². The SMILES string of the molecule is COc1cc(N)cc(CN(C)Cc2ccccc2Cl)c1. The molecule has 4 heteroatoms. The predicted molar refractivity (Wildman–Crippen MR) is 84.0 cm³/mol. The van der Waals surface area contributed by atoms with E-state index in [4.69, 9.17) is 22.1 Å². The van der Waals surface area contributed by atoms with Crippen molar-refractivity contribution >= 4 is 17.3 Å². The number of rotatable bonds is 5. The van der Waals surface area contributed by atoms with Gasteiger partial charge in [-0.25, -0.2) is 0 Å². The molecule has 0 aliphatic carbocycles. The largest absolute Gasteiger partial charge is 0.497 e. The van der Waals surface area contributed by atoms with E-state index in [2.05, 4.69) is 11.9 Å². The molecular weight excluding hydrogens is 272 g/mol. The number of anilines is 1. The summed E-state index contributed by atoms with van der Waals surface area (Å²) in [5, 5.41) is 0.796. The third-order valence-electron chi connectivity index (χ3n) is 3.07. The number of halogens is 1. The van der Waals surface area contributed by atoms with Crippen molar-refractivity contribution in [1.29, 1.82) is 0 Å². The van der Waals surface area contributed by atoms with Gasteiger partial charge in [0.2, 0.25) is 0 Å². The molecule has 0 bridgehead atoms. The third kappa shape index (κ3) is 3.89. The van der Waals surface area contributed by atoms with E-state index < -0.39 is 0 Å². The topological polar surface area (TPSA) is 38.5 Å². The summed E-state index contributed by atoms with van der Waals surface area (Å²) in [5.41, 5.74) is 8.82. The Morgan fingerprint density at radius 3 is 2.60 bits per heavy atom. The number of ether oxygens (including phenoxy) is 1. The molecule has 0 aliphatic rings. The fourth-order valence-corrected chi connectivity index (χ4v) is 2.38. The fourth-order valence-electron chi connectivity index (χ4n) is 2.18. The standard InChI is InChI=1S/C16H19ClN2O/c1-19(11-13-5-3-4-6-16(13)17)10-12-7-14(18)9-15(8-12)20-2/h3-9H,10-11,18H2,1-2H3. The smallest absolute Gasteiger partial charge is 0.121 e. The molecule has 0 saturated carbocycles. The number of nitrogens with zero attached hydrogens (tertiary/aromatic N) is 1. The second-order valence-corrected chi connectivity index (χ2v) is 5.29. The molecule has 0 fully saturated rings. The van der Waals surface area contributed by atoms with Crippen molar-refractivity contribution in [2.45, 2.75) is 13.1 Å². The number of nitrogen functional groups attached to an aromatic ring is 1. The lowest BCUT2D eigenvalue weighted by molar-refractivity contribution is 0.318. The number of benzene rings is 2. The quantitative estimate of drug-likeness (QED) is 0.856. The molecule has 2 aromatic carbocycles. The normalized spacial score (nSPS) is 10.8. The van der Waals surface area contributed by atoms with Crippen LogP contribution < -0.4 is 10.5 Å². The maximum Gasteiger partial charge on any atom is 0.121 e. The molecule has 0 aliphatic heterocycles. The van der Waals surface area contributed by atoms with Crippen LogP contribution in [0.25, 0.3) is 0 Å². The molecule has 0 spiro atoms. The van der Waals surface area contributed by atoms with Gasteiger partial charge in [0.05, 0.1) is 7.11 Å². The first-order valence-corrected chi connectivity index (χ1v) is 6.81. The van der Waals surface area contributed by atoms with E-state index in [9.17, 15) is 0 Å². The summed E-state index contributed by atoms with van der Waals surface area (Å²) in [6.45, 7) is 1.57. The molecule has 3 nitrogen and oxygen atoms in total. The maximum atomic E-state index is 6.18. The molecule has 0 saturated heterocycles. The van der Waals surface area contributed by atoms with Gasteiger partial charge in [-0.15, -0.1) is 0 Å². The molecule has 2 rings (SSSR count). The predicted octanol–water partition coefficient (Wildman–Crippen LogP) is 3.56. The first-order chi connectivity index (χ1) is 9.58. The Morgan fingerprint density at radius 2 is 1.90 bits per heavy atom. The lowest BCUT2D eigenvalue weighted by Crippen LogP contribution is -2.17. The van der Waals surface area contributed by atoms with Crippen molar-refractivity contribution in [3.63, 3.8) is 0 Å². The summed E-state index contributed by atoms with van der Waals surface area (Å²) >= 11 is 6.18. The molecule has 2 aromatic rings. The zero-order valence-corrected chi connectivity index (χ0v) is 12.5. The van der Waals surface area contributed by atoms with Crippen molar-refractivity contribution in [2.75, 3.05) is 19.9 Å². The first kappa shape index (κ1) is 14.7. The Bertz CT molecular complexity index is 586. The molecule has 0 aromatic heterocycles. The summed E-state index contributed by atoms with van der Waals surface area (Å²) in [4.78, 5) is 2.19. The molecule has 0 radical (unpaired) electrons. The minimum atomic E-state index is 0.713. The lowest BCUT2D eigenvalue weighted by atomic mass is 10.1. The highest BCUT2D eigenvalue weighted by Gasteiger charge is 2.06. The summed E-state index contributed by atoms with van der Waals surface area (Å²) in [6.07, 6.45) is 0. The Hall–Kier alpha value is -1.71. The highest BCUT2D eigenvalue weighted by molar-refractivity contribution is 6.31. The monoisotopic (exact) mass is 290 g/mol. The summed E-state index contributed by atoms with van der Waals surface area (Å²) in [5.74, 6) is 0.783. The van der Waals surface area contributed by atoms with Crippen LogP contribution in [0.1, 0.15) is 11.1 Å². The first-order valence-electron chi connectivity index (χ1n) is 6.44. The van der Waals surface area contributed by atoms with Crippen molar-refractivity contribution in [2.24, 2.45) is 0 Å². The van der Waals surface area contributed by atoms with E-state index in [-0.39, 0.29) is 0 Å². The van der Waals surface area contributed by atoms with E-state index >= 15 is 0 Å². The summed E-state index contributed by atoms with van der Waals surface area (Å²) in [7, 11) is 3.70. The van der Waals surface area contributed by atoms with Crippen molar-refractivity contribution in [3.8, 4) is 5.75 Å². The number of hydrogen-bond donors (Lipinski definition) is 1. The molecule has 2 N–H and O–H groups in total. The number of methoxy groups -OCH3 is 1. The van der Waals surface area contributed by atoms with Crippen LogP contribution in [0.2, 0.25) is 5.02 Å². The van der Waals surface area contributed by atoms with Crippen LogP contribution >= 0.6 is 11.6 Å². The minimum absolute atomic E-state index is 0.713. The zero-order valence-electron chi connectivity index (χ0n) is 11.8. The molecule has 0 heterocycles. The Kier molecular flexibility index (Phi) is 4.88. The van der Waals surface area contributed by atoms with E-state index in [1.807, 2.05) is 42.5 Å². The van der Waals surface area contributed by atoms with E-state index in [0.717, 1.165) is 35.0 Å². The molecule has 20 heavy (non-hydrogen) atoms. The maximum absolute atomic E-state index is 6.18. The molecule has 0 amide bonds. The van der Waals surface area contributed by atoms with Crippen LogP contribution in [0.3, 0.4) is 0 Å². The lowest BCUT2D eigenvalue weighted by Gasteiger charge is -2.18. The minimum Gasteiger partial charge on any atom is -0.497 e. The van der Waals surface area contributed by atoms with Gasteiger partial charge < -0.3 is 10.5 Å². The van der Waals surface area contributed by atoms with Crippen LogP contribution in [0.5, 0.6) is 5.75 Å². The molecular formula is C16H19ClN2O. The average Bonchev–Trinajstić information content (AvgIpc) is 2.40. The van der Waals surface area contributed by atoms with Gasteiger partial charge in [0.25, 0.3) is 0 Å². The van der Waals surface area contributed by atoms with Crippen molar-refractivity contribution < 1.29 is 4.74 Å². The molecule has 0 unspecified atom stereocenters. The van der Waals surface area contributed by atoms with Gasteiger partial charge in [0, 0.05) is 29.9 Å². The third-order valence-corrected chi connectivity index (χ3v) is 3.44. The van der Waals surface area contributed by atoms with Crippen LogP contribution in [-0.2, 0) is 13.1 Å². The zero-order chi connectivity index (χ0) is 14.5. The van der Waals surface area contributed by atoms with E-state index in [1.165, 1.54) is 0 Å². The Morgan fingerprint density at radius 1 is 1.15 bits per heavy atom. The van der Waals surface area contributed by atoms with E-state index in [1.54, 1.807) is 7.11 Å². The Balaban J connectivity index is 2.06. The molecule has 106 valence electrons. The highest BCUT2D eigenvalue weighted by Crippen LogP contribution is 2.21. The number of nitrogens with two attached hydrogens (primary N) is 1. The van der Waals surface area contributed by atoms with Crippen molar-refractivity contribution in [1.82, 2.24) is 4.90 Å². The highest BCUT2D eigenvalue weighted by atomic mass is 35.5. The Labute approximate surface area is 124 Å². The van der Waals surface area contributed by atoms with Gasteiger partial charge in [-0.2, -0.15) is 0 Å². The van der Waals surface area contributed by atoms with Crippen LogP contribution in [0.4, 0.5) is 5.69 Å². The average molecular weight is 291 g/mol. The summed E-state index contributed by atoms with van der Waals surface area (Å²) < 4.78 is 5.24. The van der Waals surface area contributed by atoms with Crippen LogP contribution in [0.15, 0.2) is 42.5 Å². The fraction of sp³-hybridized carbons (Fsp3) is 0.250. The second-order valence-electron chi connectivity index (χ2n) is 4.88. The van der Waals surface area contributed by atoms with Gasteiger partial charge in [-0.1, -0.05) is 29.8 Å².